The van der Waals surface area contributed by atoms with E-state index < -0.39 is 0 Å². The van der Waals surface area contributed by atoms with Crippen LogP contribution in [-0.4, -0.2) is 17.9 Å². The molecular weight excluding hydrogens is 340 g/mol. The van der Waals surface area contributed by atoms with Crippen LogP contribution in [0.25, 0.3) is 0 Å². The van der Waals surface area contributed by atoms with Crippen molar-refractivity contribution in [3.63, 3.8) is 0 Å². The van der Waals surface area contributed by atoms with Crippen LogP contribution in [0.1, 0.15) is 49.2 Å². The van der Waals surface area contributed by atoms with E-state index in [4.69, 9.17) is 4.74 Å². The van der Waals surface area contributed by atoms with Crippen LogP contribution in [0.5, 0.6) is 0 Å². The summed E-state index contributed by atoms with van der Waals surface area (Å²) in [4.78, 5) is 24.0. The van der Waals surface area contributed by atoms with Crippen LogP contribution in [0.2, 0.25) is 0 Å². The molecule has 0 aliphatic heterocycles. The van der Waals surface area contributed by atoms with Crippen LogP contribution in [-0.2, 0) is 22.7 Å². The summed E-state index contributed by atoms with van der Waals surface area (Å²) in [5, 5.41) is 5.73. The highest BCUT2D eigenvalue weighted by Crippen LogP contribution is 2.12. The second-order valence-corrected chi connectivity index (χ2v) is 7.08. The number of ether oxygens (including phenoxy) is 1. The van der Waals surface area contributed by atoms with Crippen LogP contribution >= 0.6 is 0 Å². The van der Waals surface area contributed by atoms with Gasteiger partial charge in [0.15, 0.2) is 0 Å². The molecule has 2 aromatic rings. The molecule has 0 aromatic heterocycles. The summed E-state index contributed by atoms with van der Waals surface area (Å²) in [5.74, 6) is -0.288. The summed E-state index contributed by atoms with van der Waals surface area (Å²) in [5.41, 5.74) is 3.34. The molecule has 0 unspecified atom stereocenters. The van der Waals surface area contributed by atoms with Crippen molar-refractivity contribution in [1.29, 1.82) is 0 Å². The highest BCUT2D eigenvalue weighted by molar-refractivity contribution is 5.96. The largest absolute Gasteiger partial charge is 0.374 e. The summed E-state index contributed by atoms with van der Waals surface area (Å²) < 4.78 is 5.61. The monoisotopic (exact) mass is 368 g/mol. The van der Waals surface area contributed by atoms with Gasteiger partial charge in [-0.1, -0.05) is 38.1 Å². The topological polar surface area (TPSA) is 67.4 Å². The van der Waals surface area contributed by atoms with E-state index in [9.17, 15) is 9.59 Å². The number of hydrogen-bond acceptors (Lipinski definition) is 3. The lowest BCUT2D eigenvalue weighted by Crippen LogP contribution is -2.23. The predicted octanol–water partition coefficient (Wildman–Crippen LogP) is 4.14. The van der Waals surface area contributed by atoms with Crippen molar-refractivity contribution in [3.8, 4) is 0 Å². The zero-order chi connectivity index (χ0) is 19.8. The summed E-state index contributed by atoms with van der Waals surface area (Å²) in [6.07, 6.45) is 0.182. The quantitative estimate of drug-likeness (QED) is 0.736. The Morgan fingerprint density at radius 3 is 2.26 bits per heavy atom. The molecule has 0 saturated heterocycles. The summed E-state index contributed by atoms with van der Waals surface area (Å²) in [7, 11) is 0. The van der Waals surface area contributed by atoms with Gasteiger partial charge in [-0.25, -0.2) is 0 Å². The molecule has 27 heavy (non-hydrogen) atoms. The smallest absolute Gasteiger partial charge is 0.251 e. The van der Waals surface area contributed by atoms with Gasteiger partial charge >= 0.3 is 0 Å². The molecule has 2 rings (SSSR count). The second kappa shape index (κ2) is 9.88. The molecule has 0 aliphatic carbocycles. The van der Waals surface area contributed by atoms with Crippen LogP contribution in [0, 0.1) is 5.92 Å². The molecule has 0 spiro atoms. The minimum Gasteiger partial charge on any atom is -0.374 e. The van der Waals surface area contributed by atoms with E-state index in [2.05, 4.69) is 10.6 Å². The van der Waals surface area contributed by atoms with Gasteiger partial charge in [-0.15, -0.1) is 0 Å². The number of nitrogens with one attached hydrogen (secondary N) is 2. The average molecular weight is 368 g/mol. The third kappa shape index (κ3) is 6.87. The first-order chi connectivity index (χ1) is 12.8. The maximum Gasteiger partial charge on any atom is 0.251 e. The van der Waals surface area contributed by atoms with E-state index in [1.807, 2.05) is 52.0 Å². The van der Waals surface area contributed by atoms with E-state index >= 15 is 0 Å². The number of carbonyl (C=O) groups excluding carboxylic acids is 2. The molecule has 5 nitrogen and oxygen atoms in total. The molecule has 0 radical (unpaired) electrons. The van der Waals surface area contributed by atoms with Gasteiger partial charge in [-0.3, -0.25) is 9.59 Å². The normalized spacial score (nSPS) is 10.9. The summed E-state index contributed by atoms with van der Waals surface area (Å²) in [6, 6.07) is 14.9. The molecule has 0 aliphatic rings. The number of hydrogen-bond donors (Lipinski definition) is 2. The van der Waals surface area contributed by atoms with Gasteiger partial charge in [0, 0.05) is 23.7 Å². The SMILES string of the molecule is CC(C)OCc1cccc(CNC(=O)c2ccc(NC(=O)C(C)C)cc2)c1. The average Bonchev–Trinajstić information content (AvgIpc) is 2.65. The maximum absolute atomic E-state index is 12.3. The van der Waals surface area contributed by atoms with Crippen LogP contribution in [0.15, 0.2) is 48.5 Å². The third-order valence-electron chi connectivity index (χ3n) is 3.97. The zero-order valence-electron chi connectivity index (χ0n) is 16.4. The first-order valence-corrected chi connectivity index (χ1v) is 9.23. The minimum absolute atomic E-state index is 0.0477. The molecule has 2 amide bonds. The number of rotatable bonds is 8. The van der Waals surface area contributed by atoms with E-state index in [0.717, 1.165) is 11.1 Å². The first kappa shape index (κ1) is 20.6. The Morgan fingerprint density at radius 2 is 1.63 bits per heavy atom. The summed E-state index contributed by atoms with van der Waals surface area (Å²) in [6.45, 7) is 8.68. The van der Waals surface area contributed by atoms with Gasteiger partial charge in [0.05, 0.1) is 12.7 Å². The number of amides is 2. The van der Waals surface area contributed by atoms with Gasteiger partial charge in [0.25, 0.3) is 5.91 Å². The zero-order valence-corrected chi connectivity index (χ0v) is 16.4. The predicted molar refractivity (Wildman–Crippen MR) is 107 cm³/mol. The molecule has 0 heterocycles. The van der Waals surface area contributed by atoms with E-state index in [-0.39, 0.29) is 23.8 Å². The van der Waals surface area contributed by atoms with E-state index in [1.54, 1.807) is 24.3 Å². The van der Waals surface area contributed by atoms with Crippen molar-refractivity contribution in [2.75, 3.05) is 5.32 Å². The Labute approximate surface area is 161 Å². The van der Waals surface area contributed by atoms with Gasteiger partial charge in [-0.05, 0) is 49.2 Å². The Kier molecular flexibility index (Phi) is 7.55. The lowest BCUT2D eigenvalue weighted by molar-refractivity contribution is -0.118. The molecule has 0 fully saturated rings. The van der Waals surface area contributed by atoms with Crippen LogP contribution in [0.4, 0.5) is 5.69 Å². The van der Waals surface area contributed by atoms with Crippen molar-refractivity contribution in [1.82, 2.24) is 5.32 Å². The molecule has 2 aromatic carbocycles. The number of anilines is 1. The fourth-order valence-corrected chi connectivity index (χ4v) is 2.37. The van der Waals surface area contributed by atoms with Crippen molar-refractivity contribution >= 4 is 17.5 Å². The first-order valence-electron chi connectivity index (χ1n) is 9.23. The Bertz CT molecular complexity index is 767. The highest BCUT2D eigenvalue weighted by atomic mass is 16.5. The molecule has 5 heteroatoms. The standard InChI is InChI=1S/C22H28N2O3/c1-15(2)21(25)24-20-10-8-19(9-11-20)22(26)23-13-17-6-5-7-18(12-17)14-27-16(3)4/h5-12,15-16H,13-14H2,1-4H3,(H,23,26)(H,24,25). The summed E-state index contributed by atoms with van der Waals surface area (Å²) >= 11 is 0. The van der Waals surface area contributed by atoms with Gasteiger partial charge in [-0.2, -0.15) is 0 Å². The third-order valence-corrected chi connectivity index (χ3v) is 3.97. The fourth-order valence-electron chi connectivity index (χ4n) is 2.37. The molecular formula is C22H28N2O3. The second-order valence-electron chi connectivity index (χ2n) is 7.08. The Balaban J connectivity index is 1.90. The lowest BCUT2D eigenvalue weighted by Gasteiger charge is -2.10. The Hall–Kier alpha value is -2.66. The number of benzene rings is 2. The van der Waals surface area contributed by atoms with Crippen molar-refractivity contribution in [2.45, 2.75) is 47.0 Å². The van der Waals surface area contributed by atoms with Crippen LogP contribution < -0.4 is 10.6 Å². The lowest BCUT2D eigenvalue weighted by atomic mass is 10.1. The van der Waals surface area contributed by atoms with Crippen molar-refractivity contribution < 1.29 is 14.3 Å². The molecule has 0 saturated carbocycles. The number of carbonyl (C=O) groups is 2. The fraction of sp³-hybridized carbons (Fsp3) is 0.364. The van der Waals surface area contributed by atoms with Gasteiger partial charge in [0.2, 0.25) is 5.91 Å². The van der Waals surface area contributed by atoms with Gasteiger partial charge in [0.1, 0.15) is 0 Å². The van der Waals surface area contributed by atoms with E-state index in [1.165, 1.54) is 0 Å². The molecule has 0 bridgehead atoms. The Morgan fingerprint density at radius 1 is 0.963 bits per heavy atom. The molecule has 2 N–H and O–H groups in total. The van der Waals surface area contributed by atoms with Crippen molar-refractivity contribution in [3.05, 3.63) is 65.2 Å². The maximum atomic E-state index is 12.3. The molecule has 144 valence electrons. The van der Waals surface area contributed by atoms with Crippen molar-refractivity contribution in [2.24, 2.45) is 5.92 Å². The minimum atomic E-state index is -0.152. The van der Waals surface area contributed by atoms with E-state index in [0.29, 0.717) is 24.4 Å². The van der Waals surface area contributed by atoms with Crippen LogP contribution in [0.3, 0.4) is 0 Å². The molecule has 0 atom stereocenters. The van der Waals surface area contributed by atoms with Gasteiger partial charge < -0.3 is 15.4 Å². The highest BCUT2D eigenvalue weighted by Gasteiger charge is 2.09.